The number of esters is 1. The Kier molecular flexibility index (Phi) is 7.42. The molecule has 0 saturated heterocycles. The molecule has 0 aromatic rings. The summed E-state index contributed by atoms with van der Waals surface area (Å²) in [5.74, 6) is -0.0168. The summed E-state index contributed by atoms with van der Waals surface area (Å²) in [6.45, 7) is 3.58. The summed E-state index contributed by atoms with van der Waals surface area (Å²) in [6.07, 6.45) is 1.16. The molecule has 2 N–H and O–H groups in total. The molecule has 0 heterocycles. The number of rotatable bonds is 3. The molecule has 13 heavy (non-hydrogen) atoms. The average Bonchev–Trinajstić information content (AvgIpc) is 1.84. The summed E-state index contributed by atoms with van der Waals surface area (Å²) in [6, 6.07) is 0. The molecule has 0 unspecified atom stereocenters. The van der Waals surface area contributed by atoms with E-state index in [0.29, 0.717) is 5.82 Å². The molecule has 0 saturated carbocycles. The highest BCUT2D eigenvalue weighted by atomic mass is 35.5. The fourth-order valence-corrected chi connectivity index (χ4v) is 0.516. The first kappa shape index (κ1) is 14.6. The third kappa shape index (κ3) is 7.46. The number of ether oxygens (including phenoxy) is 1. The molecule has 0 aliphatic heterocycles. The van der Waals surface area contributed by atoms with Gasteiger partial charge in [0.2, 0.25) is 0 Å². The lowest BCUT2D eigenvalue weighted by Gasteiger charge is -2.12. The van der Waals surface area contributed by atoms with E-state index in [9.17, 15) is 4.79 Å². The Morgan fingerprint density at radius 1 is 1.46 bits per heavy atom. The Hall–Kier alpha value is -0.900. The smallest absolute Gasteiger partial charge is 0.334 e. The van der Waals surface area contributed by atoms with Crippen LogP contribution in [0, 0.1) is 0 Å². The second-order valence-electron chi connectivity index (χ2n) is 2.95. The minimum atomic E-state index is -0.406. The van der Waals surface area contributed by atoms with E-state index in [-0.39, 0.29) is 18.5 Å². The van der Waals surface area contributed by atoms with Crippen LogP contribution in [-0.2, 0) is 9.53 Å². The van der Waals surface area contributed by atoms with Crippen LogP contribution < -0.4 is 5.73 Å². The van der Waals surface area contributed by atoms with E-state index < -0.39 is 5.97 Å². The molecule has 5 heteroatoms. The second kappa shape index (κ2) is 6.60. The number of carbonyl (C=O) groups excluding carboxylic acids is 1. The van der Waals surface area contributed by atoms with E-state index >= 15 is 0 Å². The summed E-state index contributed by atoms with van der Waals surface area (Å²) in [4.78, 5) is 12.6. The quantitative estimate of drug-likeness (QED) is 0.549. The molecular weight excluding hydrogens is 192 g/mol. The maximum atomic E-state index is 11.0. The van der Waals surface area contributed by atoms with Crippen LogP contribution in [-0.4, -0.2) is 31.1 Å². The van der Waals surface area contributed by atoms with E-state index in [0.717, 1.165) is 0 Å². The fourth-order valence-electron chi connectivity index (χ4n) is 0.516. The lowest BCUT2D eigenvalue weighted by molar-refractivity contribution is -0.141. The molecular formula is C8H17ClN2O2. The first-order chi connectivity index (χ1) is 5.43. The minimum absolute atomic E-state index is 0. The Morgan fingerprint density at radius 3 is 2.23 bits per heavy atom. The average molecular weight is 209 g/mol. The molecule has 0 fully saturated rings. The van der Waals surface area contributed by atoms with Crippen molar-refractivity contribution in [3.8, 4) is 0 Å². The Balaban J connectivity index is 0. The van der Waals surface area contributed by atoms with Crippen molar-refractivity contribution >= 4 is 18.4 Å². The highest BCUT2D eigenvalue weighted by Crippen LogP contribution is 1.94. The van der Waals surface area contributed by atoms with Crippen LogP contribution in [0.5, 0.6) is 0 Å². The molecule has 0 aliphatic rings. The van der Waals surface area contributed by atoms with Gasteiger partial charge in [-0.1, -0.05) is 0 Å². The number of hydrogen-bond donors (Lipinski definition) is 1. The molecule has 0 amide bonds. The molecule has 4 nitrogen and oxygen atoms in total. The van der Waals surface area contributed by atoms with E-state index in [2.05, 4.69) is 0 Å². The lowest BCUT2D eigenvalue weighted by atomic mass is 10.4. The number of halogens is 1. The predicted molar refractivity (Wildman–Crippen MR) is 54.4 cm³/mol. The van der Waals surface area contributed by atoms with Crippen LogP contribution in [0.1, 0.15) is 13.8 Å². The fraction of sp³-hybridized carbons (Fsp3) is 0.625. The lowest BCUT2D eigenvalue weighted by Crippen LogP contribution is -2.21. The van der Waals surface area contributed by atoms with Gasteiger partial charge in [-0.15, -0.1) is 12.4 Å². The van der Waals surface area contributed by atoms with Crippen molar-refractivity contribution < 1.29 is 9.53 Å². The monoisotopic (exact) mass is 208 g/mol. The van der Waals surface area contributed by atoms with Crippen molar-refractivity contribution in [2.45, 2.75) is 20.0 Å². The molecule has 0 aromatic heterocycles. The normalized spacial score (nSPS) is 10.7. The molecule has 0 radical (unpaired) electrons. The summed E-state index contributed by atoms with van der Waals surface area (Å²) in [7, 11) is 3.52. The van der Waals surface area contributed by atoms with Gasteiger partial charge >= 0.3 is 5.97 Å². The molecule has 0 rings (SSSR count). The van der Waals surface area contributed by atoms with Crippen LogP contribution in [0.25, 0.3) is 0 Å². The van der Waals surface area contributed by atoms with Gasteiger partial charge in [-0.05, 0) is 13.8 Å². The molecule has 0 bridgehead atoms. The van der Waals surface area contributed by atoms with Gasteiger partial charge in [0.05, 0.1) is 12.2 Å². The number of nitrogens with two attached hydrogens (primary N) is 1. The van der Waals surface area contributed by atoms with Gasteiger partial charge in [0.25, 0.3) is 0 Å². The van der Waals surface area contributed by atoms with Gasteiger partial charge < -0.3 is 15.4 Å². The molecule has 0 aromatic carbocycles. The van der Waals surface area contributed by atoms with Crippen LogP contribution in [0.2, 0.25) is 0 Å². The zero-order valence-corrected chi connectivity index (χ0v) is 9.22. The van der Waals surface area contributed by atoms with E-state index in [1.807, 2.05) is 0 Å². The zero-order chi connectivity index (χ0) is 9.72. The maximum Gasteiger partial charge on any atom is 0.334 e. The number of carbonyl (C=O) groups is 1. The van der Waals surface area contributed by atoms with Gasteiger partial charge in [0, 0.05) is 14.1 Å². The second-order valence-corrected chi connectivity index (χ2v) is 2.95. The van der Waals surface area contributed by atoms with Crippen molar-refractivity contribution in [1.29, 1.82) is 0 Å². The van der Waals surface area contributed by atoms with Gasteiger partial charge in [0.1, 0.15) is 5.82 Å². The first-order valence-electron chi connectivity index (χ1n) is 3.78. The van der Waals surface area contributed by atoms with Gasteiger partial charge in [0.15, 0.2) is 0 Å². The SMILES string of the molecule is CC(C)OC(=O)C=C(N)N(C)C.Cl. The van der Waals surface area contributed by atoms with E-state index in [1.165, 1.54) is 6.08 Å². The molecule has 0 spiro atoms. The van der Waals surface area contributed by atoms with Gasteiger partial charge in [-0.3, -0.25) is 0 Å². The zero-order valence-electron chi connectivity index (χ0n) is 8.40. The van der Waals surface area contributed by atoms with Crippen LogP contribution in [0.3, 0.4) is 0 Å². The standard InChI is InChI=1S/C8H16N2O2.ClH/c1-6(2)12-8(11)5-7(9)10(3)4;/h5-6H,9H2,1-4H3;1H. The van der Waals surface area contributed by atoms with Crippen LogP contribution >= 0.6 is 12.4 Å². The summed E-state index contributed by atoms with van der Waals surface area (Å²) in [5, 5.41) is 0. The van der Waals surface area contributed by atoms with Crippen molar-refractivity contribution in [1.82, 2.24) is 4.90 Å². The molecule has 78 valence electrons. The third-order valence-electron chi connectivity index (χ3n) is 1.13. The van der Waals surface area contributed by atoms with Gasteiger partial charge in [-0.2, -0.15) is 0 Å². The summed E-state index contributed by atoms with van der Waals surface area (Å²) >= 11 is 0. The maximum absolute atomic E-state index is 11.0. The number of nitrogens with zero attached hydrogens (tertiary/aromatic N) is 1. The van der Waals surface area contributed by atoms with E-state index in [1.54, 1.807) is 32.8 Å². The summed E-state index contributed by atoms with van der Waals surface area (Å²) in [5.41, 5.74) is 5.48. The van der Waals surface area contributed by atoms with Crippen LogP contribution in [0.15, 0.2) is 11.9 Å². The minimum Gasteiger partial charge on any atom is -0.460 e. The Morgan fingerprint density at radius 2 is 1.92 bits per heavy atom. The summed E-state index contributed by atoms with van der Waals surface area (Å²) < 4.78 is 4.85. The number of hydrogen-bond acceptors (Lipinski definition) is 4. The van der Waals surface area contributed by atoms with Gasteiger partial charge in [-0.25, -0.2) is 4.79 Å². The Bertz CT molecular complexity index is 191. The largest absolute Gasteiger partial charge is 0.460 e. The van der Waals surface area contributed by atoms with Crippen molar-refractivity contribution in [2.24, 2.45) is 5.73 Å². The first-order valence-corrected chi connectivity index (χ1v) is 3.78. The molecule has 0 aliphatic carbocycles. The highest BCUT2D eigenvalue weighted by molar-refractivity contribution is 5.85. The highest BCUT2D eigenvalue weighted by Gasteiger charge is 2.03. The van der Waals surface area contributed by atoms with Crippen molar-refractivity contribution in [2.75, 3.05) is 14.1 Å². The van der Waals surface area contributed by atoms with Crippen molar-refractivity contribution in [3.63, 3.8) is 0 Å². The topological polar surface area (TPSA) is 55.6 Å². The molecule has 0 atom stereocenters. The van der Waals surface area contributed by atoms with Crippen molar-refractivity contribution in [3.05, 3.63) is 11.9 Å². The third-order valence-corrected chi connectivity index (χ3v) is 1.13. The predicted octanol–water partition coefficient (Wildman–Crippen LogP) is 0.722. The Labute approximate surface area is 85.1 Å². The van der Waals surface area contributed by atoms with Crippen LogP contribution in [0.4, 0.5) is 0 Å². The van der Waals surface area contributed by atoms with E-state index in [4.69, 9.17) is 10.5 Å².